The molecule has 14 heavy (non-hydrogen) atoms. The summed E-state index contributed by atoms with van der Waals surface area (Å²) in [5.41, 5.74) is 3.86. The fourth-order valence-electron chi connectivity index (χ4n) is 0.844. The van der Waals surface area contributed by atoms with Gasteiger partial charge in [-0.3, -0.25) is 0 Å². The molecule has 0 radical (unpaired) electrons. The van der Waals surface area contributed by atoms with Crippen molar-refractivity contribution < 1.29 is 5.10 Å². The lowest BCUT2D eigenvalue weighted by Gasteiger charge is -1.94. The van der Waals surface area contributed by atoms with Crippen molar-refractivity contribution >= 4 is 39.5 Å². The SMILES string of the molecule is CNC(=S)N[NH+]=Cc1cccc(Br)c1. The first-order valence-corrected chi connectivity index (χ1v) is 5.24. The number of hydrazone groups is 1. The molecule has 0 spiro atoms. The molecule has 3 N–H and O–H groups in total. The minimum atomic E-state index is 0.552. The summed E-state index contributed by atoms with van der Waals surface area (Å²) < 4.78 is 1.05. The Balaban J connectivity index is 2.56. The number of thiocarbonyl (C=S) groups is 1. The highest BCUT2D eigenvalue weighted by molar-refractivity contribution is 9.10. The van der Waals surface area contributed by atoms with Crippen LogP contribution in [0.3, 0.4) is 0 Å². The van der Waals surface area contributed by atoms with Crippen molar-refractivity contribution in [1.82, 2.24) is 10.7 Å². The van der Waals surface area contributed by atoms with E-state index < -0.39 is 0 Å². The van der Waals surface area contributed by atoms with Crippen LogP contribution in [-0.2, 0) is 0 Å². The third-order valence-electron chi connectivity index (χ3n) is 1.50. The predicted molar refractivity (Wildman–Crippen MR) is 65.1 cm³/mol. The third kappa shape index (κ3) is 3.85. The molecule has 1 aromatic carbocycles. The number of rotatable bonds is 2. The quantitative estimate of drug-likeness (QED) is 0.402. The molecule has 1 aromatic rings. The van der Waals surface area contributed by atoms with Crippen molar-refractivity contribution in [1.29, 1.82) is 0 Å². The van der Waals surface area contributed by atoms with Crippen LogP contribution >= 0.6 is 28.1 Å². The van der Waals surface area contributed by atoms with Gasteiger partial charge < -0.3 is 5.32 Å². The van der Waals surface area contributed by atoms with Crippen LogP contribution in [0, 0.1) is 0 Å². The third-order valence-corrected chi connectivity index (χ3v) is 2.30. The molecule has 0 saturated carbocycles. The second-order valence-corrected chi connectivity index (χ2v) is 3.87. The number of hydrogen-bond acceptors (Lipinski definition) is 1. The molecular formula is C9H11BrN3S+. The van der Waals surface area contributed by atoms with Gasteiger partial charge >= 0.3 is 0 Å². The van der Waals surface area contributed by atoms with E-state index in [1.54, 1.807) is 7.05 Å². The van der Waals surface area contributed by atoms with Crippen LogP contribution in [0.2, 0.25) is 0 Å². The zero-order valence-corrected chi connectivity index (χ0v) is 10.1. The highest BCUT2D eigenvalue weighted by atomic mass is 79.9. The largest absolute Gasteiger partial charge is 0.361 e. The van der Waals surface area contributed by atoms with E-state index in [-0.39, 0.29) is 0 Å². The Morgan fingerprint density at radius 1 is 1.57 bits per heavy atom. The van der Waals surface area contributed by atoms with Crippen LogP contribution in [0.5, 0.6) is 0 Å². The molecular weight excluding hydrogens is 262 g/mol. The Bertz CT molecular complexity index is 352. The Morgan fingerprint density at radius 3 is 3.00 bits per heavy atom. The Kier molecular flexibility index (Phi) is 4.55. The van der Waals surface area contributed by atoms with Crippen LogP contribution in [0.15, 0.2) is 28.7 Å². The van der Waals surface area contributed by atoms with Crippen LogP contribution in [-0.4, -0.2) is 18.4 Å². The summed E-state index contributed by atoms with van der Waals surface area (Å²) in [6, 6.07) is 7.93. The van der Waals surface area contributed by atoms with Gasteiger partial charge in [-0.15, -0.1) is 10.5 Å². The summed E-state index contributed by atoms with van der Waals surface area (Å²) in [6.45, 7) is 0. The maximum atomic E-state index is 4.88. The van der Waals surface area contributed by atoms with Crippen molar-refractivity contribution in [2.75, 3.05) is 7.05 Å². The van der Waals surface area contributed by atoms with Gasteiger partial charge in [0.25, 0.3) is 0 Å². The van der Waals surface area contributed by atoms with E-state index in [9.17, 15) is 0 Å². The number of nitrogens with one attached hydrogen (secondary N) is 3. The molecule has 0 heterocycles. The van der Waals surface area contributed by atoms with E-state index >= 15 is 0 Å². The normalized spacial score (nSPS) is 10.1. The first-order chi connectivity index (χ1) is 6.72. The Morgan fingerprint density at radius 2 is 2.36 bits per heavy atom. The van der Waals surface area contributed by atoms with Crippen LogP contribution in [0.25, 0.3) is 0 Å². The van der Waals surface area contributed by atoms with Crippen molar-refractivity contribution in [2.24, 2.45) is 0 Å². The molecule has 74 valence electrons. The van der Waals surface area contributed by atoms with Gasteiger partial charge in [0, 0.05) is 17.1 Å². The van der Waals surface area contributed by atoms with Gasteiger partial charge in [0.1, 0.15) is 0 Å². The molecule has 0 bridgehead atoms. The minimum absolute atomic E-state index is 0.552. The van der Waals surface area contributed by atoms with Gasteiger partial charge in [0.05, 0.1) is 0 Å². The lowest BCUT2D eigenvalue weighted by Crippen LogP contribution is -2.82. The molecule has 3 nitrogen and oxygen atoms in total. The summed E-state index contributed by atoms with van der Waals surface area (Å²) in [5, 5.41) is 6.22. The molecule has 0 aliphatic heterocycles. The van der Waals surface area contributed by atoms with Gasteiger partial charge in [-0.25, -0.2) is 0 Å². The average molecular weight is 273 g/mol. The second kappa shape index (κ2) is 5.72. The fraction of sp³-hybridized carbons (Fsp3) is 0.111. The second-order valence-electron chi connectivity index (χ2n) is 2.55. The van der Waals surface area contributed by atoms with E-state index in [1.165, 1.54) is 0 Å². The predicted octanol–water partition coefficient (Wildman–Crippen LogP) is -0.0425. The molecule has 0 unspecified atom stereocenters. The Hall–Kier alpha value is -0.940. The highest BCUT2D eigenvalue weighted by Gasteiger charge is 1.93. The number of hydrazine groups is 1. The van der Waals surface area contributed by atoms with Crippen molar-refractivity contribution in [2.45, 2.75) is 0 Å². The molecule has 5 heteroatoms. The van der Waals surface area contributed by atoms with Crippen molar-refractivity contribution in [3.8, 4) is 0 Å². The van der Waals surface area contributed by atoms with Gasteiger partial charge in [0.15, 0.2) is 6.21 Å². The summed E-state index contributed by atoms with van der Waals surface area (Å²) in [5.74, 6) is 0. The van der Waals surface area contributed by atoms with Gasteiger partial charge in [-0.2, -0.15) is 0 Å². The molecule has 1 rings (SSSR count). The number of hydrogen-bond donors (Lipinski definition) is 3. The molecule has 0 saturated heterocycles. The maximum Gasteiger partial charge on any atom is 0.223 e. The lowest BCUT2D eigenvalue weighted by molar-refractivity contribution is -0.500. The van der Waals surface area contributed by atoms with E-state index in [0.29, 0.717) is 5.11 Å². The van der Waals surface area contributed by atoms with Crippen molar-refractivity contribution in [3.63, 3.8) is 0 Å². The molecule has 0 aliphatic rings. The van der Waals surface area contributed by atoms with Crippen LogP contribution < -0.4 is 15.8 Å². The topological polar surface area (TPSA) is 38.0 Å². The number of halogens is 1. The Labute approximate surface area is 96.7 Å². The van der Waals surface area contributed by atoms with Crippen LogP contribution in [0.1, 0.15) is 5.56 Å². The molecule has 0 fully saturated rings. The summed E-state index contributed by atoms with van der Waals surface area (Å²) in [4.78, 5) is 0. The van der Waals surface area contributed by atoms with E-state index in [4.69, 9.17) is 12.2 Å². The standard InChI is InChI=1S/C9H10BrN3S/c1-11-9(14)13-12-6-7-3-2-4-8(10)5-7/h2-6H,1H3,(H2,11,13,14)/p+1. The maximum absolute atomic E-state index is 4.88. The van der Waals surface area contributed by atoms with E-state index in [1.807, 2.05) is 30.5 Å². The fourth-order valence-corrected chi connectivity index (χ4v) is 1.32. The van der Waals surface area contributed by atoms with Crippen molar-refractivity contribution in [3.05, 3.63) is 34.3 Å². The van der Waals surface area contributed by atoms with Crippen LogP contribution in [0.4, 0.5) is 0 Å². The summed E-state index contributed by atoms with van der Waals surface area (Å²) >= 11 is 8.27. The molecule has 0 aliphatic carbocycles. The molecule has 0 amide bonds. The first-order valence-electron chi connectivity index (χ1n) is 4.04. The summed E-state index contributed by atoms with van der Waals surface area (Å²) in [7, 11) is 1.76. The smallest absolute Gasteiger partial charge is 0.223 e. The van der Waals surface area contributed by atoms with Gasteiger partial charge in [-0.1, -0.05) is 22.0 Å². The van der Waals surface area contributed by atoms with Gasteiger partial charge in [-0.05, 0) is 30.4 Å². The number of benzene rings is 1. The van der Waals surface area contributed by atoms with E-state index in [2.05, 4.69) is 31.8 Å². The highest BCUT2D eigenvalue weighted by Crippen LogP contribution is 2.09. The zero-order chi connectivity index (χ0) is 10.4. The first kappa shape index (κ1) is 11.1. The molecule has 0 aromatic heterocycles. The minimum Gasteiger partial charge on any atom is -0.361 e. The van der Waals surface area contributed by atoms with Gasteiger partial charge in [0.2, 0.25) is 5.11 Å². The lowest BCUT2D eigenvalue weighted by atomic mass is 10.2. The average Bonchev–Trinajstić information content (AvgIpc) is 2.17. The zero-order valence-electron chi connectivity index (χ0n) is 7.67. The monoisotopic (exact) mass is 272 g/mol. The summed E-state index contributed by atoms with van der Waals surface area (Å²) in [6.07, 6.45) is 1.83. The molecule has 0 atom stereocenters. The van der Waals surface area contributed by atoms with E-state index in [0.717, 1.165) is 10.0 Å².